The second-order valence-corrected chi connectivity index (χ2v) is 8.74. The summed E-state index contributed by atoms with van der Waals surface area (Å²) < 4.78 is 7.23. The summed E-state index contributed by atoms with van der Waals surface area (Å²) in [6.45, 7) is 4.25. The zero-order chi connectivity index (χ0) is 23.4. The molecule has 7 heteroatoms. The van der Waals surface area contributed by atoms with Gasteiger partial charge in [-0.3, -0.25) is 9.59 Å². The molecular weight excluding hydrogens is 416 g/mol. The molecule has 1 unspecified atom stereocenters. The highest BCUT2D eigenvalue weighted by Gasteiger charge is 2.34. The third-order valence-electron chi connectivity index (χ3n) is 6.36. The molecule has 2 aromatic carbocycles. The van der Waals surface area contributed by atoms with Crippen LogP contribution in [0.25, 0.3) is 11.0 Å². The fourth-order valence-corrected chi connectivity index (χ4v) is 4.40. The number of rotatable bonds is 9. The molecule has 1 aromatic heterocycles. The van der Waals surface area contributed by atoms with Gasteiger partial charge in [0.25, 0.3) is 0 Å². The summed E-state index contributed by atoms with van der Waals surface area (Å²) in [5.41, 5.74) is 2.86. The minimum atomic E-state index is -0.0445. The maximum Gasteiger partial charge on any atom is 0.242 e. The van der Waals surface area contributed by atoms with Gasteiger partial charge in [-0.05, 0) is 36.2 Å². The normalized spacial score (nSPS) is 15.9. The second kappa shape index (κ2) is 10.1. The smallest absolute Gasteiger partial charge is 0.242 e. The fourth-order valence-electron chi connectivity index (χ4n) is 4.40. The molecule has 4 rings (SSSR count). The lowest BCUT2D eigenvalue weighted by atomic mass is 10.1. The number of likely N-dealkylation sites (N-methyl/N-ethyl adjacent to an activating group) is 1. The maximum absolute atomic E-state index is 12.9. The van der Waals surface area contributed by atoms with Crippen molar-refractivity contribution in [3.8, 4) is 5.75 Å². The molecule has 3 aromatic rings. The van der Waals surface area contributed by atoms with Gasteiger partial charge in [-0.1, -0.05) is 37.6 Å². The Morgan fingerprint density at radius 3 is 2.67 bits per heavy atom. The SMILES string of the molecule is CCCCN(C)C(=O)Cn1c(C2CC(=O)N(Cc3ccc(OC)cc3)C2)nc2ccccc21. The predicted octanol–water partition coefficient (Wildman–Crippen LogP) is 3.82. The van der Waals surface area contributed by atoms with Gasteiger partial charge in [0.1, 0.15) is 18.1 Å². The van der Waals surface area contributed by atoms with E-state index >= 15 is 0 Å². The van der Waals surface area contributed by atoms with Crippen molar-refractivity contribution in [2.24, 2.45) is 0 Å². The topological polar surface area (TPSA) is 67.7 Å². The molecule has 2 amide bonds. The summed E-state index contributed by atoms with van der Waals surface area (Å²) in [6, 6.07) is 15.7. The number of aromatic nitrogens is 2. The summed E-state index contributed by atoms with van der Waals surface area (Å²) in [7, 11) is 3.49. The van der Waals surface area contributed by atoms with Crippen molar-refractivity contribution >= 4 is 22.8 Å². The lowest BCUT2D eigenvalue weighted by molar-refractivity contribution is -0.130. The number of imidazole rings is 1. The number of unbranched alkanes of at least 4 members (excludes halogenated alkanes) is 1. The first-order chi connectivity index (χ1) is 16.0. The summed E-state index contributed by atoms with van der Waals surface area (Å²) in [5, 5.41) is 0. The molecule has 7 nitrogen and oxygen atoms in total. The van der Waals surface area contributed by atoms with Crippen LogP contribution in [0.15, 0.2) is 48.5 Å². The third kappa shape index (κ3) is 5.02. The molecule has 1 saturated heterocycles. The number of likely N-dealkylation sites (tertiary alicyclic amines) is 1. The number of carbonyl (C=O) groups excluding carboxylic acids is 2. The van der Waals surface area contributed by atoms with Gasteiger partial charge in [0.2, 0.25) is 11.8 Å². The van der Waals surface area contributed by atoms with Crippen molar-refractivity contribution in [2.45, 2.75) is 45.2 Å². The summed E-state index contributed by atoms with van der Waals surface area (Å²) in [6.07, 6.45) is 2.43. The van der Waals surface area contributed by atoms with Crippen LogP contribution in [0, 0.1) is 0 Å². The number of amides is 2. The van der Waals surface area contributed by atoms with E-state index in [4.69, 9.17) is 9.72 Å². The van der Waals surface area contributed by atoms with Gasteiger partial charge in [0.05, 0.1) is 18.1 Å². The molecule has 1 aliphatic rings. The number of fused-ring (bicyclic) bond motifs is 1. The van der Waals surface area contributed by atoms with Crippen LogP contribution >= 0.6 is 0 Å². The van der Waals surface area contributed by atoms with Gasteiger partial charge in [0.15, 0.2) is 0 Å². The van der Waals surface area contributed by atoms with E-state index in [0.29, 0.717) is 19.5 Å². The number of ether oxygens (including phenoxy) is 1. The van der Waals surface area contributed by atoms with Gasteiger partial charge >= 0.3 is 0 Å². The van der Waals surface area contributed by atoms with E-state index in [0.717, 1.165) is 47.6 Å². The second-order valence-electron chi connectivity index (χ2n) is 8.74. The molecule has 0 radical (unpaired) electrons. The Bertz CT molecular complexity index is 1120. The highest BCUT2D eigenvalue weighted by molar-refractivity contribution is 5.83. The van der Waals surface area contributed by atoms with Crippen LogP contribution in [0.3, 0.4) is 0 Å². The van der Waals surface area contributed by atoms with E-state index in [-0.39, 0.29) is 24.3 Å². The van der Waals surface area contributed by atoms with Crippen molar-refractivity contribution in [3.05, 3.63) is 59.9 Å². The van der Waals surface area contributed by atoms with E-state index in [1.165, 1.54) is 0 Å². The van der Waals surface area contributed by atoms with Crippen LogP contribution < -0.4 is 4.74 Å². The van der Waals surface area contributed by atoms with Crippen LogP contribution in [0.4, 0.5) is 0 Å². The van der Waals surface area contributed by atoms with E-state index in [9.17, 15) is 9.59 Å². The van der Waals surface area contributed by atoms with Crippen LogP contribution in [-0.4, -0.2) is 58.4 Å². The highest BCUT2D eigenvalue weighted by Crippen LogP contribution is 2.31. The molecule has 1 fully saturated rings. The minimum absolute atomic E-state index is 0.0445. The Morgan fingerprint density at radius 1 is 1.18 bits per heavy atom. The Morgan fingerprint density at radius 2 is 1.94 bits per heavy atom. The average molecular weight is 449 g/mol. The number of carbonyl (C=O) groups is 2. The van der Waals surface area contributed by atoms with Gasteiger partial charge in [-0.25, -0.2) is 4.98 Å². The van der Waals surface area contributed by atoms with Crippen LogP contribution in [-0.2, 0) is 22.7 Å². The van der Waals surface area contributed by atoms with Crippen molar-refractivity contribution in [3.63, 3.8) is 0 Å². The number of benzene rings is 2. The molecule has 2 heterocycles. The molecule has 0 spiro atoms. The Labute approximate surface area is 195 Å². The van der Waals surface area contributed by atoms with Gasteiger partial charge in [-0.2, -0.15) is 0 Å². The van der Waals surface area contributed by atoms with Crippen molar-refractivity contribution in [1.29, 1.82) is 0 Å². The fraction of sp³-hybridized carbons (Fsp3) is 0.423. The summed E-state index contributed by atoms with van der Waals surface area (Å²) >= 11 is 0. The quantitative estimate of drug-likeness (QED) is 0.499. The maximum atomic E-state index is 12.9. The van der Waals surface area contributed by atoms with Crippen LogP contribution in [0.5, 0.6) is 5.75 Å². The molecular formula is C26H32N4O3. The standard InChI is InChI=1S/C26H32N4O3/c1-4-5-14-28(2)25(32)18-30-23-9-7-6-8-22(23)27-26(30)20-15-24(31)29(17-20)16-19-10-12-21(33-3)13-11-19/h6-13,20H,4-5,14-18H2,1-3H3. The molecule has 174 valence electrons. The van der Waals surface area contributed by atoms with E-state index in [1.54, 1.807) is 12.0 Å². The zero-order valence-electron chi connectivity index (χ0n) is 19.7. The molecule has 1 aliphatic heterocycles. The molecule has 0 N–H and O–H groups in total. The number of para-hydroxylation sites is 2. The first-order valence-corrected chi connectivity index (χ1v) is 11.6. The van der Waals surface area contributed by atoms with Crippen molar-refractivity contribution < 1.29 is 14.3 Å². The van der Waals surface area contributed by atoms with E-state index < -0.39 is 0 Å². The van der Waals surface area contributed by atoms with Crippen LogP contribution in [0.1, 0.15) is 43.5 Å². The molecule has 1 atom stereocenters. The third-order valence-corrected chi connectivity index (χ3v) is 6.36. The van der Waals surface area contributed by atoms with Crippen molar-refractivity contribution in [2.75, 3.05) is 27.2 Å². The van der Waals surface area contributed by atoms with E-state index in [1.807, 2.05) is 65.0 Å². The first kappa shape index (κ1) is 22.8. The average Bonchev–Trinajstić information content (AvgIpc) is 3.38. The number of hydrogen-bond acceptors (Lipinski definition) is 4. The molecule has 33 heavy (non-hydrogen) atoms. The number of hydrogen-bond donors (Lipinski definition) is 0. The van der Waals surface area contributed by atoms with Gasteiger partial charge in [0, 0.05) is 39.0 Å². The molecule has 0 aliphatic carbocycles. The van der Waals surface area contributed by atoms with Gasteiger partial charge < -0.3 is 19.1 Å². The lowest BCUT2D eigenvalue weighted by Crippen LogP contribution is -2.32. The van der Waals surface area contributed by atoms with Crippen LogP contribution in [0.2, 0.25) is 0 Å². The Balaban J connectivity index is 1.55. The monoisotopic (exact) mass is 448 g/mol. The number of methoxy groups -OCH3 is 1. The Hall–Kier alpha value is -3.35. The molecule has 0 saturated carbocycles. The predicted molar refractivity (Wildman–Crippen MR) is 128 cm³/mol. The minimum Gasteiger partial charge on any atom is -0.497 e. The molecule has 0 bridgehead atoms. The first-order valence-electron chi connectivity index (χ1n) is 11.6. The summed E-state index contributed by atoms with van der Waals surface area (Å²) in [4.78, 5) is 34.3. The zero-order valence-corrected chi connectivity index (χ0v) is 19.7. The van der Waals surface area contributed by atoms with Crippen molar-refractivity contribution in [1.82, 2.24) is 19.4 Å². The Kier molecular flexibility index (Phi) is 6.96. The summed E-state index contributed by atoms with van der Waals surface area (Å²) in [5.74, 6) is 1.75. The number of nitrogens with zero attached hydrogens (tertiary/aromatic N) is 4. The largest absolute Gasteiger partial charge is 0.497 e. The lowest BCUT2D eigenvalue weighted by Gasteiger charge is -2.20. The van der Waals surface area contributed by atoms with E-state index in [2.05, 4.69) is 6.92 Å². The van der Waals surface area contributed by atoms with Gasteiger partial charge in [-0.15, -0.1) is 0 Å². The highest BCUT2D eigenvalue weighted by atomic mass is 16.5.